The van der Waals surface area contributed by atoms with E-state index < -0.39 is 29.6 Å². The minimum absolute atomic E-state index is 0.0548. The second-order valence-electron chi connectivity index (χ2n) is 3.52. The van der Waals surface area contributed by atoms with Crippen LogP contribution in [-0.2, 0) is 14.3 Å². The van der Waals surface area contributed by atoms with Gasteiger partial charge in [-0.2, -0.15) is 0 Å². The van der Waals surface area contributed by atoms with Crippen molar-refractivity contribution >= 4 is 18.0 Å². The third-order valence-electron chi connectivity index (χ3n) is 2.26. The molecule has 0 aromatic heterocycles. The average molecular weight is 216 g/mol. The van der Waals surface area contributed by atoms with Crippen molar-refractivity contribution < 1.29 is 24.2 Å². The van der Waals surface area contributed by atoms with Crippen LogP contribution in [0.2, 0.25) is 0 Å². The molecule has 1 heterocycles. The van der Waals surface area contributed by atoms with Gasteiger partial charge in [-0.05, 0) is 6.92 Å². The van der Waals surface area contributed by atoms with Gasteiger partial charge in [-0.15, -0.1) is 0 Å². The highest BCUT2D eigenvalue weighted by atomic mass is 16.5. The molecule has 0 spiro atoms. The number of methoxy groups -OCH3 is 1. The summed E-state index contributed by atoms with van der Waals surface area (Å²) in [6.07, 6.45) is -0.0548. The number of urea groups is 1. The highest BCUT2D eigenvalue weighted by Crippen LogP contribution is 2.17. The molecule has 0 radical (unpaired) electrons. The van der Waals surface area contributed by atoms with Crippen molar-refractivity contribution in [1.29, 1.82) is 0 Å². The van der Waals surface area contributed by atoms with E-state index in [4.69, 9.17) is 5.11 Å². The van der Waals surface area contributed by atoms with Crippen LogP contribution < -0.4 is 10.6 Å². The zero-order chi connectivity index (χ0) is 11.6. The number of carbonyl (C=O) groups is 3. The van der Waals surface area contributed by atoms with Crippen molar-refractivity contribution in [1.82, 2.24) is 10.6 Å². The van der Waals surface area contributed by atoms with E-state index in [0.717, 1.165) is 0 Å². The summed E-state index contributed by atoms with van der Waals surface area (Å²) in [4.78, 5) is 33.2. The van der Waals surface area contributed by atoms with Gasteiger partial charge in [0.05, 0.1) is 7.11 Å². The molecule has 1 aliphatic rings. The van der Waals surface area contributed by atoms with Crippen molar-refractivity contribution in [2.75, 3.05) is 7.11 Å². The Balaban J connectivity index is 2.85. The van der Waals surface area contributed by atoms with Gasteiger partial charge < -0.3 is 20.5 Å². The van der Waals surface area contributed by atoms with Crippen molar-refractivity contribution in [3.8, 4) is 0 Å². The number of ether oxygens (including phenoxy) is 1. The summed E-state index contributed by atoms with van der Waals surface area (Å²) < 4.78 is 4.44. The van der Waals surface area contributed by atoms with E-state index in [0.29, 0.717) is 0 Å². The molecule has 2 atom stereocenters. The Labute approximate surface area is 85.8 Å². The molecule has 0 aromatic carbocycles. The van der Waals surface area contributed by atoms with Crippen molar-refractivity contribution in [3.05, 3.63) is 0 Å². The molecule has 1 aliphatic heterocycles. The Hall–Kier alpha value is -1.79. The van der Waals surface area contributed by atoms with Crippen LogP contribution in [0, 0.1) is 0 Å². The number of aliphatic carboxylic acids is 1. The summed E-state index contributed by atoms with van der Waals surface area (Å²) in [6, 6.07) is -1.62. The van der Waals surface area contributed by atoms with Gasteiger partial charge in [0, 0.05) is 6.42 Å². The second-order valence-corrected chi connectivity index (χ2v) is 3.52. The van der Waals surface area contributed by atoms with Crippen LogP contribution in [0.25, 0.3) is 0 Å². The Morgan fingerprint density at radius 2 is 2.20 bits per heavy atom. The molecule has 0 aliphatic carbocycles. The smallest absolute Gasteiger partial charge is 0.329 e. The molecular weight excluding hydrogens is 204 g/mol. The van der Waals surface area contributed by atoms with Gasteiger partial charge in [-0.25, -0.2) is 14.4 Å². The molecule has 84 valence electrons. The molecule has 2 amide bonds. The van der Waals surface area contributed by atoms with Gasteiger partial charge in [-0.3, -0.25) is 0 Å². The first-order valence-corrected chi connectivity index (χ1v) is 4.29. The standard InChI is InChI=1S/C8H12N2O5/c1-8(6(12)13)3-4(5(11)15-2)9-7(14)10-8/h4H,3H2,1-2H3,(H,12,13)(H2,9,10,14)/t4-,8+/m0/s1. The van der Waals surface area contributed by atoms with Gasteiger partial charge in [0.1, 0.15) is 11.6 Å². The highest BCUT2D eigenvalue weighted by molar-refractivity contribution is 5.92. The fourth-order valence-corrected chi connectivity index (χ4v) is 1.38. The van der Waals surface area contributed by atoms with E-state index in [9.17, 15) is 14.4 Å². The first-order valence-electron chi connectivity index (χ1n) is 4.29. The van der Waals surface area contributed by atoms with E-state index in [1.807, 2.05) is 0 Å². The SMILES string of the molecule is COC(=O)[C@@H]1C[C@](C)(C(=O)O)NC(=O)N1. The molecule has 15 heavy (non-hydrogen) atoms. The Morgan fingerprint density at radius 1 is 1.60 bits per heavy atom. The van der Waals surface area contributed by atoms with Gasteiger partial charge in [0.25, 0.3) is 0 Å². The van der Waals surface area contributed by atoms with E-state index in [2.05, 4.69) is 15.4 Å². The molecule has 0 bridgehead atoms. The maximum atomic E-state index is 11.2. The zero-order valence-electron chi connectivity index (χ0n) is 8.36. The highest BCUT2D eigenvalue weighted by Gasteiger charge is 2.44. The van der Waals surface area contributed by atoms with Gasteiger partial charge in [-0.1, -0.05) is 0 Å². The lowest BCUT2D eigenvalue weighted by atomic mass is 9.91. The van der Waals surface area contributed by atoms with Gasteiger partial charge >= 0.3 is 18.0 Å². The first kappa shape index (κ1) is 11.3. The van der Waals surface area contributed by atoms with Crippen LogP contribution in [0.1, 0.15) is 13.3 Å². The van der Waals surface area contributed by atoms with Crippen molar-refractivity contribution in [2.45, 2.75) is 24.9 Å². The quantitative estimate of drug-likeness (QED) is 0.517. The number of amides is 2. The average Bonchev–Trinajstić information content (AvgIpc) is 2.15. The second kappa shape index (κ2) is 3.76. The molecule has 1 rings (SSSR count). The number of hydrogen-bond acceptors (Lipinski definition) is 4. The lowest BCUT2D eigenvalue weighted by molar-refractivity contribution is -0.148. The van der Waals surface area contributed by atoms with Crippen LogP contribution in [-0.4, -0.2) is 41.8 Å². The summed E-state index contributed by atoms with van der Waals surface area (Å²) in [6.45, 7) is 1.34. The van der Waals surface area contributed by atoms with Crippen LogP contribution in [0.3, 0.4) is 0 Å². The zero-order valence-corrected chi connectivity index (χ0v) is 8.36. The van der Waals surface area contributed by atoms with E-state index >= 15 is 0 Å². The molecule has 7 nitrogen and oxygen atoms in total. The van der Waals surface area contributed by atoms with Gasteiger partial charge in [0.2, 0.25) is 0 Å². The number of carboxylic acid groups (broad SMARTS) is 1. The molecule has 7 heteroatoms. The normalized spacial score (nSPS) is 30.0. The predicted octanol–water partition coefficient (Wildman–Crippen LogP) is -0.926. The molecule has 1 fully saturated rings. The predicted molar refractivity (Wildman–Crippen MR) is 48.1 cm³/mol. The number of hydrogen-bond donors (Lipinski definition) is 3. The monoisotopic (exact) mass is 216 g/mol. The number of rotatable bonds is 2. The number of carbonyl (C=O) groups excluding carboxylic acids is 2. The molecule has 0 aromatic rings. The third kappa shape index (κ3) is 2.17. The molecular formula is C8H12N2O5. The van der Waals surface area contributed by atoms with E-state index in [1.165, 1.54) is 14.0 Å². The Bertz CT molecular complexity index is 316. The fraction of sp³-hybridized carbons (Fsp3) is 0.625. The van der Waals surface area contributed by atoms with Crippen LogP contribution in [0.4, 0.5) is 4.79 Å². The summed E-state index contributed by atoms with van der Waals surface area (Å²) in [7, 11) is 1.18. The van der Waals surface area contributed by atoms with Gasteiger partial charge in [0.15, 0.2) is 0 Å². The van der Waals surface area contributed by atoms with Crippen LogP contribution in [0.5, 0.6) is 0 Å². The third-order valence-corrected chi connectivity index (χ3v) is 2.26. The number of carboxylic acids is 1. The Morgan fingerprint density at radius 3 is 2.67 bits per heavy atom. The molecule has 0 unspecified atom stereocenters. The summed E-state index contributed by atoms with van der Waals surface area (Å²) in [5.41, 5.74) is -1.44. The maximum Gasteiger partial charge on any atom is 0.329 e. The lowest BCUT2D eigenvalue weighted by Gasteiger charge is -2.34. The minimum atomic E-state index is -1.44. The summed E-state index contributed by atoms with van der Waals surface area (Å²) in [5, 5.41) is 13.4. The first-order chi connectivity index (χ1) is 6.89. The van der Waals surface area contributed by atoms with Crippen molar-refractivity contribution in [2.24, 2.45) is 0 Å². The van der Waals surface area contributed by atoms with E-state index in [1.54, 1.807) is 0 Å². The topological polar surface area (TPSA) is 105 Å². The van der Waals surface area contributed by atoms with Crippen molar-refractivity contribution in [3.63, 3.8) is 0 Å². The lowest BCUT2D eigenvalue weighted by Crippen LogP contribution is -2.65. The Kier molecular flexibility index (Phi) is 2.83. The summed E-state index contributed by atoms with van der Waals surface area (Å²) in [5.74, 6) is -1.84. The maximum absolute atomic E-state index is 11.2. The van der Waals surface area contributed by atoms with E-state index in [-0.39, 0.29) is 6.42 Å². The van der Waals surface area contributed by atoms with Crippen LogP contribution in [0.15, 0.2) is 0 Å². The molecule has 1 saturated heterocycles. The number of nitrogens with one attached hydrogen (secondary N) is 2. The largest absolute Gasteiger partial charge is 0.480 e. The number of esters is 1. The van der Waals surface area contributed by atoms with Crippen LogP contribution >= 0.6 is 0 Å². The summed E-state index contributed by atoms with van der Waals surface area (Å²) >= 11 is 0. The minimum Gasteiger partial charge on any atom is -0.480 e. The molecule has 3 N–H and O–H groups in total. The molecule has 0 saturated carbocycles. The fourth-order valence-electron chi connectivity index (χ4n) is 1.38.